The lowest BCUT2D eigenvalue weighted by molar-refractivity contribution is 0.475. The van der Waals surface area contributed by atoms with E-state index in [0.29, 0.717) is 10.0 Å². The Balaban J connectivity index is 3.60. The third-order valence-electron chi connectivity index (χ3n) is 2.20. The third kappa shape index (κ3) is 1.27. The summed E-state index contributed by atoms with van der Waals surface area (Å²) < 4.78 is 0. The van der Waals surface area contributed by atoms with Gasteiger partial charge in [0.15, 0.2) is 5.75 Å². The zero-order chi connectivity index (χ0) is 9.46. The fourth-order valence-corrected chi connectivity index (χ4v) is 1.58. The fourth-order valence-electron chi connectivity index (χ4n) is 1.06. The van der Waals surface area contributed by atoms with Gasteiger partial charge in [-0.15, -0.1) is 0 Å². The van der Waals surface area contributed by atoms with Crippen LogP contribution < -0.4 is 0 Å². The Labute approximate surface area is 81.9 Å². The molecule has 0 saturated carbocycles. The molecule has 0 amide bonds. The molecule has 0 atom stereocenters. The number of hydrogen-bond acceptors (Lipinski definition) is 1. The van der Waals surface area contributed by atoms with Crippen molar-refractivity contribution in [1.82, 2.24) is 0 Å². The first kappa shape index (κ1) is 9.69. The number of halogens is 2. The van der Waals surface area contributed by atoms with Crippen molar-refractivity contribution < 1.29 is 5.11 Å². The zero-order valence-electron chi connectivity index (χ0n) is 7.20. The highest BCUT2D eigenvalue weighted by atomic mass is 35.5. The van der Waals surface area contributed by atoms with Gasteiger partial charge in [0.2, 0.25) is 0 Å². The number of hydrogen-bond donors (Lipinski definition) is 1. The third-order valence-corrected chi connectivity index (χ3v) is 3.12. The first-order chi connectivity index (χ1) is 5.46. The standard InChI is InChI=1S/C9H10Cl2O/c1-4-5(2)7(10)9(12)8(11)6(4)3/h12H,1-3H3. The lowest BCUT2D eigenvalue weighted by Crippen LogP contribution is -1.89. The van der Waals surface area contributed by atoms with Crippen molar-refractivity contribution in [2.75, 3.05) is 0 Å². The van der Waals surface area contributed by atoms with E-state index >= 15 is 0 Å². The Hall–Kier alpha value is -0.400. The molecule has 0 radical (unpaired) electrons. The summed E-state index contributed by atoms with van der Waals surface area (Å²) in [5, 5.41) is 10.1. The van der Waals surface area contributed by atoms with Gasteiger partial charge in [-0.3, -0.25) is 0 Å². The molecule has 3 heteroatoms. The van der Waals surface area contributed by atoms with Gasteiger partial charge >= 0.3 is 0 Å². The Kier molecular flexibility index (Phi) is 2.55. The Morgan fingerprint density at radius 1 is 0.833 bits per heavy atom. The maximum absolute atomic E-state index is 9.43. The molecule has 12 heavy (non-hydrogen) atoms. The van der Waals surface area contributed by atoms with Gasteiger partial charge < -0.3 is 5.11 Å². The lowest BCUT2D eigenvalue weighted by Gasteiger charge is -2.10. The average molecular weight is 205 g/mol. The van der Waals surface area contributed by atoms with Gasteiger partial charge in [0.05, 0.1) is 10.0 Å². The first-order valence-corrected chi connectivity index (χ1v) is 4.36. The van der Waals surface area contributed by atoms with Crippen molar-refractivity contribution >= 4 is 23.2 Å². The van der Waals surface area contributed by atoms with E-state index in [1.165, 1.54) is 0 Å². The highest BCUT2D eigenvalue weighted by molar-refractivity contribution is 6.38. The Bertz CT molecular complexity index is 227. The van der Waals surface area contributed by atoms with Crippen molar-refractivity contribution in [3.8, 4) is 5.75 Å². The summed E-state index contributed by atoms with van der Waals surface area (Å²) in [6, 6.07) is 0. The van der Waals surface area contributed by atoms with Gasteiger partial charge in [0, 0.05) is 0 Å². The smallest absolute Gasteiger partial charge is 0.153 e. The average Bonchev–Trinajstić information content (AvgIpc) is 2.08. The number of aromatic hydroxyl groups is 1. The van der Waals surface area contributed by atoms with Gasteiger partial charge in [-0.25, -0.2) is 0 Å². The van der Waals surface area contributed by atoms with Crippen molar-refractivity contribution in [3.05, 3.63) is 26.7 Å². The molecule has 0 saturated heterocycles. The van der Waals surface area contributed by atoms with Crippen LogP contribution in [0.15, 0.2) is 0 Å². The van der Waals surface area contributed by atoms with E-state index in [9.17, 15) is 5.11 Å². The van der Waals surface area contributed by atoms with Crippen LogP contribution in [0.25, 0.3) is 0 Å². The molecular weight excluding hydrogens is 195 g/mol. The summed E-state index contributed by atoms with van der Waals surface area (Å²) in [5.41, 5.74) is 2.80. The van der Waals surface area contributed by atoms with Gasteiger partial charge in [-0.1, -0.05) is 23.2 Å². The van der Waals surface area contributed by atoms with Gasteiger partial charge in [-0.05, 0) is 37.5 Å². The van der Waals surface area contributed by atoms with E-state index in [4.69, 9.17) is 23.2 Å². The fraction of sp³-hybridized carbons (Fsp3) is 0.333. The van der Waals surface area contributed by atoms with E-state index in [1.807, 2.05) is 20.8 Å². The maximum atomic E-state index is 9.43. The van der Waals surface area contributed by atoms with Crippen LogP contribution >= 0.6 is 23.2 Å². The highest BCUT2D eigenvalue weighted by Gasteiger charge is 2.13. The Morgan fingerprint density at radius 3 is 1.50 bits per heavy atom. The van der Waals surface area contributed by atoms with E-state index in [0.717, 1.165) is 16.7 Å². The van der Waals surface area contributed by atoms with Crippen molar-refractivity contribution in [2.24, 2.45) is 0 Å². The SMILES string of the molecule is Cc1c(C)c(Cl)c(O)c(Cl)c1C. The summed E-state index contributed by atoms with van der Waals surface area (Å²) in [5.74, 6) is -0.0149. The van der Waals surface area contributed by atoms with Crippen LogP contribution in [-0.4, -0.2) is 5.11 Å². The van der Waals surface area contributed by atoms with E-state index in [2.05, 4.69) is 0 Å². The van der Waals surface area contributed by atoms with Crippen LogP contribution in [-0.2, 0) is 0 Å². The minimum atomic E-state index is -0.0149. The van der Waals surface area contributed by atoms with Crippen LogP contribution in [0.4, 0.5) is 0 Å². The van der Waals surface area contributed by atoms with Crippen molar-refractivity contribution in [1.29, 1.82) is 0 Å². The van der Waals surface area contributed by atoms with Crippen LogP contribution in [0.1, 0.15) is 16.7 Å². The predicted octanol–water partition coefficient (Wildman–Crippen LogP) is 3.62. The largest absolute Gasteiger partial charge is 0.505 e. The number of phenolic OH excluding ortho intramolecular Hbond substituents is 1. The maximum Gasteiger partial charge on any atom is 0.153 e. The molecule has 0 unspecified atom stereocenters. The molecule has 0 aliphatic rings. The highest BCUT2D eigenvalue weighted by Crippen LogP contribution is 2.38. The Morgan fingerprint density at radius 2 is 1.17 bits per heavy atom. The zero-order valence-corrected chi connectivity index (χ0v) is 8.72. The summed E-state index contributed by atoms with van der Waals surface area (Å²) >= 11 is 11.7. The molecule has 0 aromatic heterocycles. The molecule has 0 fully saturated rings. The summed E-state index contributed by atoms with van der Waals surface area (Å²) in [6.07, 6.45) is 0. The van der Waals surface area contributed by atoms with E-state index < -0.39 is 0 Å². The van der Waals surface area contributed by atoms with Crippen LogP contribution in [0.2, 0.25) is 10.0 Å². The monoisotopic (exact) mass is 204 g/mol. The number of phenols is 1. The molecule has 1 nitrogen and oxygen atoms in total. The normalized spacial score (nSPS) is 10.4. The number of benzene rings is 1. The molecule has 0 heterocycles. The molecule has 1 rings (SSSR count). The molecule has 0 aliphatic heterocycles. The van der Waals surface area contributed by atoms with Gasteiger partial charge in [0.25, 0.3) is 0 Å². The topological polar surface area (TPSA) is 20.2 Å². The van der Waals surface area contributed by atoms with Gasteiger partial charge in [0.1, 0.15) is 0 Å². The molecule has 0 spiro atoms. The van der Waals surface area contributed by atoms with Crippen LogP contribution in [0.5, 0.6) is 5.75 Å². The molecule has 0 aliphatic carbocycles. The first-order valence-electron chi connectivity index (χ1n) is 3.60. The molecule has 1 aromatic carbocycles. The predicted molar refractivity (Wildman–Crippen MR) is 52.3 cm³/mol. The molecular formula is C9H10Cl2O. The molecule has 66 valence electrons. The summed E-state index contributed by atoms with van der Waals surface area (Å²) in [7, 11) is 0. The van der Waals surface area contributed by atoms with Crippen molar-refractivity contribution in [2.45, 2.75) is 20.8 Å². The van der Waals surface area contributed by atoms with E-state index in [1.54, 1.807) is 0 Å². The lowest BCUT2D eigenvalue weighted by atomic mass is 10.0. The van der Waals surface area contributed by atoms with Crippen LogP contribution in [0.3, 0.4) is 0 Å². The van der Waals surface area contributed by atoms with Gasteiger partial charge in [-0.2, -0.15) is 0 Å². The minimum Gasteiger partial charge on any atom is -0.505 e. The molecule has 1 N–H and O–H groups in total. The second-order valence-corrected chi connectivity index (χ2v) is 3.61. The summed E-state index contributed by atoms with van der Waals surface area (Å²) in [4.78, 5) is 0. The second-order valence-electron chi connectivity index (χ2n) is 2.85. The quantitative estimate of drug-likeness (QED) is 0.685. The minimum absolute atomic E-state index is 0.0149. The summed E-state index contributed by atoms with van der Waals surface area (Å²) in [6.45, 7) is 5.66. The second kappa shape index (κ2) is 3.15. The molecule has 0 bridgehead atoms. The van der Waals surface area contributed by atoms with Crippen molar-refractivity contribution in [3.63, 3.8) is 0 Å². The van der Waals surface area contributed by atoms with E-state index in [-0.39, 0.29) is 5.75 Å². The number of rotatable bonds is 0. The molecule has 1 aromatic rings. The van der Waals surface area contributed by atoms with Crippen LogP contribution in [0, 0.1) is 20.8 Å².